The summed E-state index contributed by atoms with van der Waals surface area (Å²) in [5.41, 5.74) is -1.45. The van der Waals surface area contributed by atoms with E-state index >= 15 is 0 Å². The second-order valence-electron chi connectivity index (χ2n) is 8.58. The third-order valence-electron chi connectivity index (χ3n) is 7.78. The minimum Gasteiger partial charge on any atom is -0.472 e. The Morgan fingerprint density at radius 3 is 2.81 bits per heavy atom. The Kier molecular flexibility index (Phi) is 3.30. The number of carbonyl (C=O) groups is 2. The molecule has 2 unspecified atom stereocenters. The normalized spacial score (nSPS) is 47.2. The number of rotatable bonds is 2. The minimum atomic E-state index is -0.970. The van der Waals surface area contributed by atoms with Gasteiger partial charge in [-0.3, -0.25) is 9.59 Å². The lowest BCUT2D eigenvalue weighted by Crippen LogP contribution is -2.66. The van der Waals surface area contributed by atoms with E-state index in [-0.39, 0.29) is 42.7 Å². The van der Waals surface area contributed by atoms with Crippen LogP contribution < -0.4 is 0 Å². The van der Waals surface area contributed by atoms with E-state index in [1.54, 1.807) is 12.5 Å². The molecule has 26 heavy (non-hydrogen) atoms. The van der Waals surface area contributed by atoms with Gasteiger partial charge in [-0.15, -0.1) is 0 Å². The summed E-state index contributed by atoms with van der Waals surface area (Å²) in [6, 6.07) is 1.82. The Morgan fingerprint density at radius 1 is 1.35 bits per heavy atom. The van der Waals surface area contributed by atoms with Crippen molar-refractivity contribution in [2.24, 2.45) is 22.7 Å². The van der Waals surface area contributed by atoms with Gasteiger partial charge in [0.15, 0.2) is 0 Å². The molecule has 1 aromatic rings. The van der Waals surface area contributed by atoms with Crippen molar-refractivity contribution in [1.82, 2.24) is 0 Å². The van der Waals surface area contributed by atoms with Crippen LogP contribution in [0.4, 0.5) is 0 Å². The Bertz CT molecular complexity index is 750. The number of Topliss-reactive ketones (excluding diaryl/α,β-unsaturated/α-hetero) is 1. The van der Waals surface area contributed by atoms with Crippen molar-refractivity contribution in [3.05, 3.63) is 24.2 Å². The maximum Gasteiger partial charge on any atom is 0.313 e. The number of aliphatic hydroxyl groups is 1. The standard InChI is InChI=1S/C20H24O6/c1-12-7-16(22)20(10-21)15(3-2-5-18(20)11-25-18)19(12)8-14(26-17(19)23)13-4-6-24-9-13/h4,6,9,12,14-15,21H,2-3,5,7-8,10-11H2,1H3/t12-,14?,15?,18+,19-,20+/m1/s1. The zero-order chi connectivity index (χ0) is 18.2. The average molecular weight is 360 g/mol. The lowest BCUT2D eigenvalue weighted by Gasteiger charge is -2.57. The van der Waals surface area contributed by atoms with Gasteiger partial charge in [0.1, 0.15) is 17.5 Å². The lowest BCUT2D eigenvalue weighted by atomic mass is 9.43. The Hall–Kier alpha value is -1.66. The highest BCUT2D eigenvalue weighted by Crippen LogP contribution is 2.69. The topological polar surface area (TPSA) is 89.3 Å². The fourth-order valence-corrected chi connectivity index (χ4v) is 6.34. The van der Waals surface area contributed by atoms with E-state index < -0.39 is 16.4 Å². The first-order valence-corrected chi connectivity index (χ1v) is 9.51. The molecule has 4 aliphatic rings. The molecule has 2 saturated carbocycles. The molecule has 2 saturated heterocycles. The Morgan fingerprint density at radius 2 is 2.15 bits per heavy atom. The molecule has 140 valence electrons. The van der Waals surface area contributed by atoms with E-state index in [9.17, 15) is 14.7 Å². The van der Waals surface area contributed by atoms with Crippen LogP contribution in [0.5, 0.6) is 0 Å². The molecule has 0 aromatic carbocycles. The van der Waals surface area contributed by atoms with Crippen molar-refractivity contribution in [3.63, 3.8) is 0 Å². The summed E-state index contributed by atoms with van der Waals surface area (Å²) in [5.74, 6) is -0.529. The van der Waals surface area contributed by atoms with Crippen LogP contribution in [-0.4, -0.2) is 35.7 Å². The third kappa shape index (κ3) is 1.75. The summed E-state index contributed by atoms with van der Waals surface area (Å²) in [7, 11) is 0. The van der Waals surface area contributed by atoms with Crippen LogP contribution in [0.3, 0.4) is 0 Å². The van der Waals surface area contributed by atoms with Gasteiger partial charge in [0.05, 0.1) is 36.6 Å². The van der Waals surface area contributed by atoms with E-state index in [1.807, 2.05) is 13.0 Å². The largest absolute Gasteiger partial charge is 0.472 e. The van der Waals surface area contributed by atoms with E-state index in [1.165, 1.54) is 0 Å². The highest BCUT2D eigenvalue weighted by atomic mass is 16.6. The molecular formula is C20H24O6. The molecule has 2 aliphatic carbocycles. The van der Waals surface area contributed by atoms with Crippen LogP contribution in [0, 0.1) is 22.7 Å². The molecule has 2 spiro atoms. The van der Waals surface area contributed by atoms with Crippen LogP contribution in [0.15, 0.2) is 23.0 Å². The molecule has 6 heteroatoms. The Balaban J connectivity index is 1.62. The molecule has 6 atom stereocenters. The van der Waals surface area contributed by atoms with Crippen molar-refractivity contribution in [2.75, 3.05) is 13.2 Å². The summed E-state index contributed by atoms with van der Waals surface area (Å²) < 4.78 is 16.8. The van der Waals surface area contributed by atoms with E-state index in [4.69, 9.17) is 13.9 Å². The molecule has 1 aromatic heterocycles. The number of hydrogen-bond acceptors (Lipinski definition) is 6. The van der Waals surface area contributed by atoms with Gasteiger partial charge >= 0.3 is 5.97 Å². The second kappa shape index (κ2) is 5.20. The van der Waals surface area contributed by atoms with Crippen LogP contribution in [0.2, 0.25) is 0 Å². The lowest BCUT2D eigenvalue weighted by molar-refractivity contribution is -0.184. The molecule has 3 heterocycles. The highest BCUT2D eigenvalue weighted by molar-refractivity contribution is 5.93. The van der Waals surface area contributed by atoms with E-state index in [2.05, 4.69) is 0 Å². The number of epoxide rings is 1. The molecule has 0 amide bonds. The van der Waals surface area contributed by atoms with Crippen molar-refractivity contribution in [3.8, 4) is 0 Å². The summed E-state index contributed by atoms with van der Waals surface area (Å²) in [6.45, 7) is 2.22. The van der Waals surface area contributed by atoms with Crippen molar-refractivity contribution < 1.29 is 28.6 Å². The quantitative estimate of drug-likeness (QED) is 0.643. The maximum atomic E-state index is 13.2. The smallest absolute Gasteiger partial charge is 0.313 e. The SMILES string of the molecule is C[C@@H]1CC(=O)[C@]2(CO)C(CCC[C@]23CO3)[C@@]12CC(c1ccoc1)OC2=O. The zero-order valence-electron chi connectivity index (χ0n) is 14.9. The Labute approximate surface area is 151 Å². The predicted molar refractivity (Wildman–Crippen MR) is 88.9 cm³/mol. The number of cyclic esters (lactones) is 1. The number of hydrogen-bond donors (Lipinski definition) is 1. The van der Waals surface area contributed by atoms with Gasteiger partial charge in [-0.1, -0.05) is 13.3 Å². The number of ether oxygens (including phenoxy) is 2. The van der Waals surface area contributed by atoms with Gasteiger partial charge in [0.25, 0.3) is 0 Å². The van der Waals surface area contributed by atoms with Crippen LogP contribution in [0.1, 0.15) is 50.7 Å². The molecule has 6 nitrogen and oxygen atoms in total. The predicted octanol–water partition coefficient (Wildman–Crippen LogP) is 2.41. The van der Waals surface area contributed by atoms with E-state index in [0.29, 0.717) is 13.0 Å². The van der Waals surface area contributed by atoms with Crippen molar-refractivity contribution >= 4 is 11.8 Å². The number of fused-ring (bicyclic) bond motifs is 3. The average Bonchev–Trinajstić information content (AvgIpc) is 3.07. The van der Waals surface area contributed by atoms with Gasteiger partial charge in [-0.05, 0) is 30.7 Å². The number of furan rings is 1. The minimum absolute atomic E-state index is 0.0555. The first kappa shape index (κ1) is 16.5. The summed E-state index contributed by atoms with van der Waals surface area (Å²) in [4.78, 5) is 26.4. The summed E-state index contributed by atoms with van der Waals surface area (Å²) >= 11 is 0. The van der Waals surface area contributed by atoms with Gasteiger partial charge in [-0.25, -0.2) is 0 Å². The number of ketones is 1. The molecule has 4 fully saturated rings. The monoisotopic (exact) mass is 360 g/mol. The van der Waals surface area contributed by atoms with Crippen LogP contribution in [0.25, 0.3) is 0 Å². The zero-order valence-corrected chi connectivity index (χ0v) is 14.9. The molecule has 5 rings (SSSR count). The first-order chi connectivity index (χ1) is 12.5. The van der Waals surface area contributed by atoms with E-state index in [0.717, 1.165) is 24.8 Å². The number of aliphatic hydroxyl groups excluding tert-OH is 1. The summed E-state index contributed by atoms with van der Waals surface area (Å²) in [6.07, 6.45) is 6.08. The highest BCUT2D eigenvalue weighted by Gasteiger charge is 2.77. The van der Waals surface area contributed by atoms with Crippen LogP contribution >= 0.6 is 0 Å². The number of esters is 1. The van der Waals surface area contributed by atoms with Gasteiger partial charge in [0.2, 0.25) is 0 Å². The van der Waals surface area contributed by atoms with Crippen molar-refractivity contribution in [1.29, 1.82) is 0 Å². The van der Waals surface area contributed by atoms with Gasteiger partial charge < -0.3 is 19.0 Å². The summed E-state index contributed by atoms with van der Waals surface area (Å²) in [5, 5.41) is 10.4. The maximum absolute atomic E-state index is 13.2. The van der Waals surface area contributed by atoms with Crippen LogP contribution in [-0.2, 0) is 19.1 Å². The fraction of sp³-hybridized carbons (Fsp3) is 0.700. The number of carbonyl (C=O) groups excluding carboxylic acids is 2. The van der Waals surface area contributed by atoms with Gasteiger partial charge in [-0.2, -0.15) is 0 Å². The molecule has 0 bridgehead atoms. The van der Waals surface area contributed by atoms with Crippen molar-refractivity contribution in [2.45, 2.75) is 50.7 Å². The fourth-order valence-electron chi connectivity index (χ4n) is 6.34. The third-order valence-corrected chi connectivity index (χ3v) is 7.78. The molecule has 1 N–H and O–H groups in total. The second-order valence-corrected chi connectivity index (χ2v) is 8.58. The first-order valence-electron chi connectivity index (χ1n) is 9.51. The molecular weight excluding hydrogens is 336 g/mol. The van der Waals surface area contributed by atoms with Gasteiger partial charge in [0, 0.05) is 18.4 Å². The molecule has 2 aliphatic heterocycles. The molecule has 0 radical (unpaired) electrons.